The van der Waals surface area contributed by atoms with E-state index in [0.29, 0.717) is 23.8 Å². The van der Waals surface area contributed by atoms with Crippen molar-refractivity contribution in [2.45, 2.75) is 33.7 Å². The summed E-state index contributed by atoms with van der Waals surface area (Å²) in [6, 6.07) is 9.37. The van der Waals surface area contributed by atoms with Crippen molar-refractivity contribution in [3.8, 4) is 0 Å². The van der Waals surface area contributed by atoms with Crippen molar-refractivity contribution in [3.05, 3.63) is 52.9 Å². The largest absolute Gasteiger partial charge is 0.359 e. The highest BCUT2D eigenvalue weighted by atomic mass is 16.5. The number of nitrogens with zero attached hydrogens (tertiary/aromatic N) is 1. The first-order valence-corrected chi connectivity index (χ1v) is 6.84. The molecule has 0 saturated carbocycles. The molecular formula is C16H20N2O2. The zero-order valence-electron chi connectivity index (χ0n) is 12.1. The Kier molecular flexibility index (Phi) is 4.56. The van der Waals surface area contributed by atoms with Crippen molar-refractivity contribution in [2.24, 2.45) is 5.92 Å². The van der Waals surface area contributed by atoms with Crippen LogP contribution < -0.4 is 5.32 Å². The number of aryl methyl sites for hydroxylation is 1. The Balaban J connectivity index is 1.90. The normalized spacial score (nSPS) is 10.8. The molecule has 1 aromatic heterocycles. The fourth-order valence-electron chi connectivity index (χ4n) is 1.93. The van der Waals surface area contributed by atoms with Crippen molar-refractivity contribution in [1.82, 2.24) is 10.5 Å². The Morgan fingerprint density at radius 1 is 1.30 bits per heavy atom. The molecule has 4 nitrogen and oxygen atoms in total. The van der Waals surface area contributed by atoms with Crippen LogP contribution in [0.15, 0.2) is 34.9 Å². The van der Waals surface area contributed by atoms with Gasteiger partial charge in [0.05, 0.1) is 12.2 Å². The molecule has 0 atom stereocenters. The lowest BCUT2D eigenvalue weighted by molar-refractivity contribution is 0.0947. The summed E-state index contributed by atoms with van der Waals surface area (Å²) in [6.07, 6.45) is 0.884. The van der Waals surface area contributed by atoms with Crippen LogP contribution in [0.5, 0.6) is 0 Å². The molecule has 0 bridgehead atoms. The van der Waals surface area contributed by atoms with Gasteiger partial charge in [-0.3, -0.25) is 4.79 Å². The molecule has 0 spiro atoms. The van der Waals surface area contributed by atoms with E-state index in [-0.39, 0.29) is 5.91 Å². The number of amides is 1. The Bertz CT molecular complexity index is 570. The second kappa shape index (κ2) is 6.37. The van der Waals surface area contributed by atoms with E-state index in [1.807, 2.05) is 37.3 Å². The number of aromatic nitrogens is 1. The lowest BCUT2D eigenvalue weighted by Crippen LogP contribution is -2.22. The monoisotopic (exact) mass is 272 g/mol. The van der Waals surface area contributed by atoms with Crippen molar-refractivity contribution >= 4 is 5.91 Å². The minimum absolute atomic E-state index is 0.105. The van der Waals surface area contributed by atoms with Gasteiger partial charge < -0.3 is 9.84 Å². The molecular weight excluding hydrogens is 252 g/mol. The van der Waals surface area contributed by atoms with E-state index < -0.39 is 0 Å². The van der Waals surface area contributed by atoms with Gasteiger partial charge in [0.2, 0.25) is 0 Å². The number of rotatable bonds is 5. The summed E-state index contributed by atoms with van der Waals surface area (Å²) in [6.45, 7) is 6.62. The second-order valence-electron chi connectivity index (χ2n) is 5.43. The summed E-state index contributed by atoms with van der Waals surface area (Å²) in [4.78, 5) is 11.9. The molecule has 0 aliphatic carbocycles. The van der Waals surface area contributed by atoms with Crippen LogP contribution in [-0.4, -0.2) is 11.1 Å². The predicted octanol–water partition coefficient (Wildman–Crippen LogP) is 3.11. The summed E-state index contributed by atoms with van der Waals surface area (Å²) < 4.78 is 5.21. The average molecular weight is 272 g/mol. The highest BCUT2D eigenvalue weighted by Crippen LogP contribution is 2.09. The highest BCUT2D eigenvalue weighted by Gasteiger charge is 2.09. The molecule has 2 rings (SSSR count). The smallest absolute Gasteiger partial charge is 0.251 e. The van der Waals surface area contributed by atoms with E-state index in [4.69, 9.17) is 4.52 Å². The second-order valence-corrected chi connectivity index (χ2v) is 5.43. The van der Waals surface area contributed by atoms with E-state index in [2.05, 4.69) is 24.3 Å². The Morgan fingerprint density at radius 3 is 2.65 bits per heavy atom. The Labute approximate surface area is 119 Å². The molecule has 20 heavy (non-hydrogen) atoms. The summed E-state index contributed by atoms with van der Waals surface area (Å²) in [5.74, 6) is 1.11. The number of carbonyl (C=O) groups excluding carboxylic acids is 1. The maximum absolute atomic E-state index is 11.9. The molecule has 2 aromatic rings. The Morgan fingerprint density at radius 2 is 2.00 bits per heavy atom. The Hall–Kier alpha value is -2.10. The third kappa shape index (κ3) is 3.95. The highest BCUT2D eigenvalue weighted by molar-refractivity contribution is 5.94. The number of hydrogen-bond donors (Lipinski definition) is 1. The van der Waals surface area contributed by atoms with Crippen LogP contribution in [0.2, 0.25) is 0 Å². The van der Waals surface area contributed by atoms with Gasteiger partial charge in [-0.1, -0.05) is 36.7 Å². The van der Waals surface area contributed by atoms with Crippen LogP contribution >= 0.6 is 0 Å². The first kappa shape index (κ1) is 14.3. The minimum Gasteiger partial charge on any atom is -0.359 e. The van der Waals surface area contributed by atoms with Crippen molar-refractivity contribution in [1.29, 1.82) is 0 Å². The molecule has 0 aliphatic rings. The number of benzene rings is 1. The van der Waals surface area contributed by atoms with Gasteiger partial charge in [-0.15, -0.1) is 0 Å². The molecule has 4 heteroatoms. The van der Waals surface area contributed by atoms with Crippen molar-refractivity contribution in [3.63, 3.8) is 0 Å². The van der Waals surface area contributed by atoms with Gasteiger partial charge in [-0.25, -0.2) is 0 Å². The summed E-state index contributed by atoms with van der Waals surface area (Å²) in [5.41, 5.74) is 2.72. The molecule has 1 heterocycles. The summed E-state index contributed by atoms with van der Waals surface area (Å²) in [5, 5.41) is 6.82. The quantitative estimate of drug-likeness (QED) is 0.910. The van der Waals surface area contributed by atoms with Gasteiger partial charge in [-0.2, -0.15) is 0 Å². The molecule has 0 radical (unpaired) electrons. The van der Waals surface area contributed by atoms with Gasteiger partial charge in [0.1, 0.15) is 0 Å². The molecule has 1 N–H and O–H groups in total. The SMILES string of the molecule is Cc1ccc(C(=O)NCc2cc(CC(C)C)no2)cc1. The van der Waals surface area contributed by atoms with Gasteiger partial charge in [0.15, 0.2) is 5.76 Å². The van der Waals surface area contributed by atoms with Crippen LogP contribution in [0, 0.1) is 12.8 Å². The maximum Gasteiger partial charge on any atom is 0.251 e. The predicted molar refractivity (Wildman–Crippen MR) is 77.4 cm³/mol. The average Bonchev–Trinajstić information content (AvgIpc) is 2.83. The zero-order valence-corrected chi connectivity index (χ0v) is 12.1. The third-order valence-corrected chi connectivity index (χ3v) is 2.96. The van der Waals surface area contributed by atoms with E-state index >= 15 is 0 Å². The van der Waals surface area contributed by atoms with E-state index in [0.717, 1.165) is 17.7 Å². The topological polar surface area (TPSA) is 55.1 Å². The van der Waals surface area contributed by atoms with Crippen LogP contribution in [0.25, 0.3) is 0 Å². The number of nitrogens with one attached hydrogen (secondary N) is 1. The molecule has 106 valence electrons. The zero-order chi connectivity index (χ0) is 14.5. The first-order valence-electron chi connectivity index (χ1n) is 6.84. The fraction of sp³-hybridized carbons (Fsp3) is 0.375. The molecule has 0 fully saturated rings. The van der Waals surface area contributed by atoms with Gasteiger partial charge in [-0.05, 0) is 31.4 Å². The first-order chi connectivity index (χ1) is 9.54. The van der Waals surface area contributed by atoms with Gasteiger partial charge >= 0.3 is 0 Å². The lowest BCUT2D eigenvalue weighted by Gasteiger charge is -2.03. The van der Waals surface area contributed by atoms with E-state index in [1.165, 1.54) is 0 Å². The van der Waals surface area contributed by atoms with Crippen LogP contribution in [0.1, 0.15) is 41.2 Å². The molecule has 0 unspecified atom stereocenters. The number of hydrogen-bond acceptors (Lipinski definition) is 3. The molecule has 1 aromatic carbocycles. The maximum atomic E-state index is 11.9. The fourth-order valence-corrected chi connectivity index (χ4v) is 1.93. The third-order valence-electron chi connectivity index (χ3n) is 2.96. The molecule has 0 aliphatic heterocycles. The van der Waals surface area contributed by atoms with Crippen LogP contribution in [-0.2, 0) is 13.0 Å². The molecule has 1 amide bonds. The molecule has 0 saturated heterocycles. The lowest BCUT2D eigenvalue weighted by atomic mass is 10.1. The summed E-state index contributed by atoms with van der Waals surface area (Å²) in [7, 11) is 0. The van der Waals surface area contributed by atoms with Gasteiger partial charge in [0.25, 0.3) is 5.91 Å². The standard InChI is InChI=1S/C16H20N2O2/c1-11(2)8-14-9-15(20-18-14)10-17-16(19)13-6-4-12(3)5-7-13/h4-7,9,11H,8,10H2,1-3H3,(H,17,19). The summed E-state index contributed by atoms with van der Waals surface area (Å²) >= 11 is 0. The van der Waals surface area contributed by atoms with E-state index in [9.17, 15) is 4.79 Å². The van der Waals surface area contributed by atoms with Crippen LogP contribution in [0.3, 0.4) is 0 Å². The van der Waals surface area contributed by atoms with Crippen LogP contribution in [0.4, 0.5) is 0 Å². The minimum atomic E-state index is -0.105. The van der Waals surface area contributed by atoms with Gasteiger partial charge in [0, 0.05) is 11.6 Å². The van der Waals surface area contributed by atoms with E-state index in [1.54, 1.807) is 0 Å². The van der Waals surface area contributed by atoms with Crippen molar-refractivity contribution in [2.75, 3.05) is 0 Å². The number of carbonyl (C=O) groups is 1. The van der Waals surface area contributed by atoms with Crippen molar-refractivity contribution < 1.29 is 9.32 Å².